The molecule has 2 aromatic heterocycles. The van der Waals surface area contributed by atoms with Gasteiger partial charge >= 0.3 is 0 Å². The summed E-state index contributed by atoms with van der Waals surface area (Å²) < 4.78 is 1.17. The molecule has 1 unspecified atom stereocenters. The summed E-state index contributed by atoms with van der Waals surface area (Å²) in [5, 5.41) is 2.09. The third-order valence-corrected chi connectivity index (χ3v) is 4.78. The molecule has 0 fully saturated rings. The molecule has 3 nitrogen and oxygen atoms in total. The Morgan fingerprint density at radius 1 is 1.39 bits per heavy atom. The molecule has 0 aliphatic carbocycles. The van der Waals surface area contributed by atoms with Crippen LogP contribution in [0.15, 0.2) is 40.3 Å². The van der Waals surface area contributed by atoms with Gasteiger partial charge in [0.2, 0.25) is 0 Å². The van der Waals surface area contributed by atoms with Gasteiger partial charge in [-0.2, -0.15) is 0 Å². The van der Waals surface area contributed by atoms with Crippen LogP contribution in [0.25, 0.3) is 0 Å². The van der Waals surface area contributed by atoms with Gasteiger partial charge < -0.3 is 0 Å². The minimum Gasteiger partial charge on any atom is -0.271 e. The second-order valence-electron chi connectivity index (χ2n) is 4.12. The minimum absolute atomic E-state index is 0.280. The fraction of sp³-hybridized carbons (Fsp3) is 0.308. The lowest BCUT2D eigenvalue weighted by molar-refractivity contribution is 0.491. The van der Waals surface area contributed by atoms with E-state index in [1.54, 1.807) is 11.3 Å². The summed E-state index contributed by atoms with van der Waals surface area (Å²) in [6.45, 7) is 0. The number of aromatic nitrogens is 1. The lowest BCUT2D eigenvalue weighted by Crippen LogP contribution is -2.37. The van der Waals surface area contributed by atoms with Gasteiger partial charge in [-0.1, -0.05) is 6.07 Å². The van der Waals surface area contributed by atoms with Crippen LogP contribution in [0.1, 0.15) is 17.0 Å². The molecule has 5 heteroatoms. The molecule has 0 aliphatic rings. The van der Waals surface area contributed by atoms with Crippen LogP contribution in [-0.2, 0) is 12.8 Å². The van der Waals surface area contributed by atoms with Crippen LogP contribution in [0.2, 0.25) is 0 Å². The van der Waals surface area contributed by atoms with Gasteiger partial charge in [-0.15, -0.1) is 11.3 Å². The van der Waals surface area contributed by atoms with Crippen molar-refractivity contribution in [2.24, 2.45) is 5.84 Å². The molecule has 0 amide bonds. The SMILES string of the molecule is NNC(CCc1ccccn1)Cc1sccc1Br. The Bertz CT molecular complexity index is 472. The van der Waals surface area contributed by atoms with E-state index in [-0.39, 0.29) is 6.04 Å². The van der Waals surface area contributed by atoms with Gasteiger partial charge in [0, 0.05) is 27.3 Å². The van der Waals surface area contributed by atoms with Crippen molar-refractivity contribution in [3.8, 4) is 0 Å². The highest BCUT2D eigenvalue weighted by Crippen LogP contribution is 2.24. The molecular weight excluding hydrogens is 310 g/mol. The van der Waals surface area contributed by atoms with Gasteiger partial charge in [-0.3, -0.25) is 16.3 Å². The predicted octanol–water partition coefficient (Wildman–Crippen LogP) is 2.91. The average molecular weight is 326 g/mol. The summed E-state index contributed by atoms with van der Waals surface area (Å²) in [4.78, 5) is 5.66. The minimum atomic E-state index is 0.280. The van der Waals surface area contributed by atoms with E-state index in [1.165, 1.54) is 9.35 Å². The molecule has 0 aliphatic heterocycles. The van der Waals surface area contributed by atoms with Crippen molar-refractivity contribution in [2.45, 2.75) is 25.3 Å². The van der Waals surface area contributed by atoms with E-state index in [9.17, 15) is 0 Å². The van der Waals surface area contributed by atoms with Gasteiger partial charge in [0.1, 0.15) is 0 Å². The maximum absolute atomic E-state index is 5.62. The van der Waals surface area contributed by atoms with Crippen LogP contribution >= 0.6 is 27.3 Å². The Kier molecular flexibility index (Phi) is 5.31. The van der Waals surface area contributed by atoms with Crippen molar-refractivity contribution in [1.82, 2.24) is 10.4 Å². The normalized spacial score (nSPS) is 12.6. The first-order valence-electron chi connectivity index (χ1n) is 5.87. The van der Waals surface area contributed by atoms with Crippen LogP contribution in [0, 0.1) is 0 Å². The lowest BCUT2D eigenvalue weighted by atomic mass is 10.1. The Morgan fingerprint density at radius 2 is 2.28 bits per heavy atom. The molecule has 0 saturated heterocycles. The highest BCUT2D eigenvalue weighted by Gasteiger charge is 2.11. The van der Waals surface area contributed by atoms with Crippen molar-refractivity contribution in [3.05, 3.63) is 50.9 Å². The lowest BCUT2D eigenvalue weighted by Gasteiger charge is -2.14. The number of thiophene rings is 1. The first-order chi connectivity index (χ1) is 8.79. The van der Waals surface area contributed by atoms with Crippen LogP contribution in [-0.4, -0.2) is 11.0 Å². The number of nitrogens with one attached hydrogen (secondary N) is 1. The average Bonchev–Trinajstić information content (AvgIpc) is 2.81. The first-order valence-corrected chi connectivity index (χ1v) is 7.54. The van der Waals surface area contributed by atoms with Crippen molar-refractivity contribution in [2.75, 3.05) is 0 Å². The van der Waals surface area contributed by atoms with Crippen LogP contribution < -0.4 is 11.3 Å². The van der Waals surface area contributed by atoms with Crippen molar-refractivity contribution in [3.63, 3.8) is 0 Å². The number of hydrogen-bond donors (Lipinski definition) is 2. The van der Waals surface area contributed by atoms with E-state index in [0.29, 0.717) is 0 Å². The second kappa shape index (κ2) is 6.99. The number of pyridine rings is 1. The van der Waals surface area contributed by atoms with Gasteiger partial charge in [0.15, 0.2) is 0 Å². The van der Waals surface area contributed by atoms with Crippen LogP contribution in [0.3, 0.4) is 0 Å². The summed E-state index contributed by atoms with van der Waals surface area (Å²) in [6.07, 6.45) is 4.70. The van der Waals surface area contributed by atoms with Gasteiger partial charge in [0.25, 0.3) is 0 Å². The smallest absolute Gasteiger partial charge is 0.0404 e. The Balaban J connectivity index is 1.88. The number of halogens is 1. The highest BCUT2D eigenvalue weighted by molar-refractivity contribution is 9.10. The molecule has 2 heterocycles. The summed E-state index contributed by atoms with van der Waals surface area (Å²) in [5.41, 5.74) is 4.01. The molecule has 2 rings (SSSR count). The van der Waals surface area contributed by atoms with E-state index in [4.69, 9.17) is 5.84 Å². The third-order valence-electron chi connectivity index (χ3n) is 2.83. The topological polar surface area (TPSA) is 50.9 Å². The molecule has 0 spiro atoms. The van der Waals surface area contributed by atoms with Crippen LogP contribution in [0.4, 0.5) is 0 Å². The molecule has 96 valence electrons. The quantitative estimate of drug-likeness (QED) is 0.634. The summed E-state index contributed by atoms with van der Waals surface area (Å²) in [6, 6.07) is 8.36. The largest absolute Gasteiger partial charge is 0.271 e. The predicted molar refractivity (Wildman–Crippen MR) is 79.4 cm³/mol. The molecule has 3 N–H and O–H groups in total. The molecule has 0 radical (unpaired) electrons. The van der Waals surface area contributed by atoms with Crippen molar-refractivity contribution >= 4 is 27.3 Å². The van der Waals surface area contributed by atoms with E-state index >= 15 is 0 Å². The van der Waals surface area contributed by atoms with E-state index in [1.807, 2.05) is 18.3 Å². The fourth-order valence-electron chi connectivity index (χ4n) is 1.81. The maximum Gasteiger partial charge on any atom is 0.0404 e. The molecule has 1 atom stereocenters. The number of aryl methyl sites for hydroxylation is 1. The Hall–Kier alpha value is -0.750. The van der Waals surface area contributed by atoms with E-state index in [0.717, 1.165) is 25.0 Å². The molecule has 18 heavy (non-hydrogen) atoms. The maximum atomic E-state index is 5.62. The zero-order chi connectivity index (χ0) is 12.8. The zero-order valence-electron chi connectivity index (χ0n) is 9.97. The number of hydrogen-bond acceptors (Lipinski definition) is 4. The molecule has 0 bridgehead atoms. The van der Waals surface area contributed by atoms with Gasteiger partial charge in [0.05, 0.1) is 0 Å². The number of hydrazine groups is 1. The molecular formula is C13H16BrN3S. The molecule has 2 aromatic rings. The van der Waals surface area contributed by atoms with Crippen molar-refractivity contribution in [1.29, 1.82) is 0 Å². The molecule has 0 saturated carbocycles. The fourth-order valence-corrected chi connectivity index (χ4v) is 3.40. The van der Waals surface area contributed by atoms with Gasteiger partial charge in [-0.05, 0) is 58.8 Å². The summed E-state index contributed by atoms with van der Waals surface area (Å²) >= 11 is 5.31. The second-order valence-corrected chi connectivity index (χ2v) is 5.97. The Morgan fingerprint density at radius 3 is 2.89 bits per heavy atom. The van der Waals surface area contributed by atoms with Gasteiger partial charge in [-0.25, -0.2) is 0 Å². The number of nitrogens with two attached hydrogens (primary N) is 1. The monoisotopic (exact) mass is 325 g/mol. The number of rotatable bonds is 6. The van der Waals surface area contributed by atoms with E-state index < -0.39 is 0 Å². The zero-order valence-corrected chi connectivity index (χ0v) is 12.4. The highest BCUT2D eigenvalue weighted by atomic mass is 79.9. The Labute approximate surface area is 120 Å². The van der Waals surface area contributed by atoms with Crippen molar-refractivity contribution < 1.29 is 0 Å². The summed E-state index contributed by atoms with van der Waals surface area (Å²) in [5.74, 6) is 5.62. The van der Waals surface area contributed by atoms with Crippen LogP contribution in [0.5, 0.6) is 0 Å². The first kappa shape index (κ1) is 13.7. The standard InChI is InChI=1S/C13H16BrN3S/c14-12-6-8-18-13(12)9-11(17-15)5-4-10-3-1-2-7-16-10/h1-3,6-8,11,17H,4-5,9,15H2. The number of nitrogens with zero attached hydrogens (tertiary/aromatic N) is 1. The van der Waals surface area contributed by atoms with E-state index in [2.05, 4.69) is 43.9 Å². The summed E-state index contributed by atoms with van der Waals surface area (Å²) in [7, 11) is 0. The third kappa shape index (κ3) is 3.88. The molecule has 0 aromatic carbocycles.